The normalized spacial score (nSPS) is 11.4. The first-order valence-corrected chi connectivity index (χ1v) is 7.58. The van der Waals surface area contributed by atoms with Crippen LogP contribution in [0.1, 0.15) is 18.3 Å². The Morgan fingerprint density at radius 1 is 1.21 bits per heavy atom. The predicted octanol–water partition coefficient (Wildman–Crippen LogP) is -0.270. The second-order valence-corrected chi connectivity index (χ2v) is 5.91. The maximum atomic E-state index is 11.5. The lowest BCUT2D eigenvalue weighted by Gasteiger charge is -2.12. The maximum absolute atomic E-state index is 11.5. The van der Waals surface area contributed by atoms with Gasteiger partial charge in [0.15, 0.2) is 0 Å². The molecule has 8 nitrogen and oxygen atoms in total. The molecular formula is C10H20N6O2S. The minimum absolute atomic E-state index is 0.0191. The standard InChI is InChI=1S/C10H20N6O2S/c1-4-13-19(17,18)6-5-12-9-7(2)10(16-11)15-8(3)14-9/h13H,4-6,11H2,1-3H3,(H2,12,14,15,16). The van der Waals surface area contributed by atoms with Gasteiger partial charge in [0, 0.05) is 18.7 Å². The third-order valence-electron chi connectivity index (χ3n) is 2.42. The molecule has 0 amide bonds. The van der Waals surface area contributed by atoms with Crippen LogP contribution in [0.25, 0.3) is 0 Å². The molecular weight excluding hydrogens is 268 g/mol. The summed E-state index contributed by atoms with van der Waals surface area (Å²) in [5.41, 5.74) is 3.23. The fourth-order valence-electron chi connectivity index (χ4n) is 1.54. The number of hydrogen-bond acceptors (Lipinski definition) is 7. The molecule has 0 aromatic carbocycles. The van der Waals surface area contributed by atoms with Gasteiger partial charge in [0.25, 0.3) is 0 Å². The predicted molar refractivity (Wildman–Crippen MR) is 75.3 cm³/mol. The van der Waals surface area contributed by atoms with Gasteiger partial charge in [0.2, 0.25) is 10.0 Å². The zero-order valence-corrected chi connectivity index (χ0v) is 12.1. The fraction of sp³-hybridized carbons (Fsp3) is 0.600. The Hall–Kier alpha value is -1.45. The average Bonchev–Trinajstić information content (AvgIpc) is 2.32. The number of nitrogens with zero attached hydrogens (tertiary/aromatic N) is 2. The van der Waals surface area contributed by atoms with E-state index in [0.717, 1.165) is 5.56 Å². The summed E-state index contributed by atoms with van der Waals surface area (Å²) in [5.74, 6) is 6.98. The number of hydrazine groups is 1. The molecule has 0 unspecified atom stereocenters. The monoisotopic (exact) mass is 288 g/mol. The molecule has 0 aliphatic rings. The number of sulfonamides is 1. The molecule has 0 bridgehead atoms. The quantitative estimate of drug-likeness (QED) is 0.402. The van der Waals surface area contributed by atoms with Crippen LogP contribution in [0.15, 0.2) is 0 Å². The van der Waals surface area contributed by atoms with Crippen molar-refractivity contribution in [2.75, 3.05) is 29.6 Å². The number of aryl methyl sites for hydroxylation is 1. The molecule has 0 aliphatic heterocycles. The van der Waals surface area contributed by atoms with Gasteiger partial charge >= 0.3 is 0 Å². The van der Waals surface area contributed by atoms with Gasteiger partial charge in [-0.1, -0.05) is 6.92 Å². The second kappa shape index (κ2) is 6.64. The number of hydrogen-bond donors (Lipinski definition) is 4. The summed E-state index contributed by atoms with van der Waals surface area (Å²) in [5, 5.41) is 2.98. The maximum Gasteiger partial charge on any atom is 0.213 e. The molecule has 0 fully saturated rings. The largest absolute Gasteiger partial charge is 0.369 e. The minimum Gasteiger partial charge on any atom is -0.369 e. The van der Waals surface area contributed by atoms with E-state index in [0.29, 0.717) is 24.0 Å². The molecule has 19 heavy (non-hydrogen) atoms. The number of rotatable bonds is 7. The SMILES string of the molecule is CCNS(=O)(=O)CCNc1nc(C)nc(NN)c1C. The number of nitrogens with one attached hydrogen (secondary N) is 3. The van der Waals surface area contributed by atoms with Crippen molar-refractivity contribution >= 4 is 21.7 Å². The summed E-state index contributed by atoms with van der Waals surface area (Å²) >= 11 is 0. The van der Waals surface area contributed by atoms with Crippen LogP contribution >= 0.6 is 0 Å². The van der Waals surface area contributed by atoms with Crippen molar-refractivity contribution in [2.45, 2.75) is 20.8 Å². The van der Waals surface area contributed by atoms with E-state index >= 15 is 0 Å². The average molecular weight is 288 g/mol. The van der Waals surface area contributed by atoms with Crippen LogP contribution < -0.4 is 21.3 Å². The van der Waals surface area contributed by atoms with Crippen molar-refractivity contribution in [1.29, 1.82) is 0 Å². The summed E-state index contributed by atoms with van der Waals surface area (Å²) < 4.78 is 25.4. The van der Waals surface area contributed by atoms with Gasteiger partial charge in [-0.15, -0.1) is 0 Å². The molecule has 0 aliphatic carbocycles. The molecule has 0 saturated carbocycles. The molecule has 108 valence electrons. The van der Waals surface area contributed by atoms with Crippen LogP contribution in [0, 0.1) is 13.8 Å². The molecule has 0 atom stereocenters. The van der Waals surface area contributed by atoms with Gasteiger partial charge in [0.05, 0.1) is 5.75 Å². The van der Waals surface area contributed by atoms with Gasteiger partial charge in [-0.3, -0.25) is 0 Å². The Labute approximate surface area is 113 Å². The summed E-state index contributed by atoms with van der Waals surface area (Å²) in [4.78, 5) is 8.33. The smallest absolute Gasteiger partial charge is 0.213 e. The molecule has 5 N–H and O–H groups in total. The fourth-order valence-corrected chi connectivity index (χ4v) is 2.49. The Kier molecular flexibility index (Phi) is 5.45. The van der Waals surface area contributed by atoms with E-state index < -0.39 is 10.0 Å². The molecule has 9 heteroatoms. The first kappa shape index (κ1) is 15.6. The molecule has 0 spiro atoms. The number of aromatic nitrogens is 2. The van der Waals surface area contributed by atoms with E-state index in [-0.39, 0.29) is 12.3 Å². The van der Waals surface area contributed by atoms with Crippen molar-refractivity contribution in [3.8, 4) is 0 Å². The van der Waals surface area contributed by atoms with E-state index in [1.54, 1.807) is 20.8 Å². The van der Waals surface area contributed by atoms with E-state index in [1.165, 1.54) is 0 Å². The van der Waals surface area contributed by atoms with Crippen molar-refractivity contribution in [3.63, 3.8) is 0 Å². The highest BCUT2D eigenvalue weighted by molar-refractivity contribution is 7.89. The van der Waals surface area contributed by atoms with E-state index in [4.69, 9.17) is 5.84 Å². The third-order valence-corrected chi connectivity index (χ3v) is 3.89. The van der Waals surface area contributed by atoms with Crippen LogP contribution in [0.3, 0.4) is 0 Å². The van der Waals surface area contributed by atoms with Crippen LogP contribution in [-0.4, -0.2) is 37.2 Å². The molecule has 1 rings (SSSR count). The highest BCUT2D eigenvalue weighted by Gasteiger charge is 2.11. The third kappa shape index (κ3) is 4.62. The van der Waals surface area contributed by atoms with Crippen molar-refractivity contribution in [3.05, 3.63) is 11.4 Å². The van der Waals surface area contributed by atoms with Gasteiger partial charge in [0.1, 0.15) is 17.5 Å². The summed E-state index contributed by atoms with van der Waals surface area (Å²) in [6.45, 7) is 5.92. The molecule has 0 radical (unpaired) electrons. The Bertz CT molecular complexity index is 531. The number of nitrogen functional groups attached to an aromatic ring is 1. The van der Waals surface area contributed by atoms with E-state index in [1.807, 2.05) is 0 Å². The van der Waals surface area contributed by atoms with Crippen LogP contribution in [-0.2, 0) is 10.0 Å². The first-order chi connectivity index (χ1) is 8.89. The van der Waals surface area contributed by atoms with Crippen molar-refractivity contribution in [1.82, 2.24) is 14.7 Å². The van der Waals surface area contributed by atoms with Crippen molar-refractivity contribution < 1.29 is 8.42 Å². The highest BCUT2D eigenvalue weighted by Crippen LogP contribution is 2.18. The number of nitrogens with two attached hydrogens (primary N) is 1. The van der Waals surface area contributed by atoms with Crippen LogP contribution in [0.2, 0.25) is 0 Å². The Morgan fingerprint density at radius 2 is 1.84 bits per heavy atom. The lowest BCUT2D eigenvalue weighted by Crippen LogP contribution is -2.29. The zero-order valence-electron chi connectivity index (χ0n) is 11.3. The topological polar surface area (TPSA) is 122 Å². The lowest BCUT2D eigenvalue weighted by molar-refractivity contribution is 0.584. The minimum atomic E-state index is -3.24. The van der Waals surface area contributed by atoms with Gasteiger partial charge in [-0.2, -0.15) is 0 Å². The summed E-state index contributed by atoms with van der Waals surface area (Å²) in [7, 11) is -3.24. The van der Waals surface area contributed by atoms with E-state index in [9.17, 15) is 8.42 Å². The molecule has 0 saturated heterocycles. The molecule has 1 aromatic rings. The Balaban J connectivity index is 2.71. The van der Waals surface area contributed by atoms with Gasteiger partial charge in [-0.25, -0.2) is 29.0 Å². The summed E-state index contributed by atoms with van der Waals surface area (Å²) in [6.07, 6.45) is 0. The van der Waals surface area contributed by atoms with Crippen LogP contribution in [0.4, 0.5) is 11.6 Å². The van der Waals surface area contributed by atoms with Crippen molar-refractivity contribution in [2.24, 2.45) is 5.84 Å². The second-order valence-electron chi connectivity index (χ2n) is 3.98. The number of anilines is 2. The van der Waals surface area contributed by atoms with E-state index in [2.05, 4.69) is 25.4 Å². The highest BCUT2D eigenvalue weighted by atomic mass is 32.2. The first-order valence-electron chi connectivity index (χ1n) is 5.92. The zero-order chi connectivity index (χ0) is 14.5. The Morgan fingerprint density at radius 3 is 2.42 bits per heavy atom. The molecule has 1 aromatic heterocycles. The van der Waals surface area contributed by atoms with Gasteiger partial charge < -0.3 is 10.7 Å². The molecule has 1 heterocycles. The van der Waals surface area contributed by atoms with Gasteiger partial charge in [-0.05, 0) is 13.8 Å². The van der Waals surface area contributed by atoms with Crippen LogP contribution in [0.5, 0.6) is 0 Å². The summed E-state index contributed by atoms with van der Waals surface area (Å²) in [6, 6.07) is 0. The lowest BCUT2D eigenvalue weighted by atomic mass is 10.3.